The smallest absolute Gasteiger partial charge is 0.252 e. The molecule has 2 aromatic heterocycles. The van der Waals surface area contributed by atoms with Crippen molar-refractivity contribution in [2.75, 3.05) is 7.11 Å². The number of tetrazole rings is 1. The molecule has 196 valence electrons. The number of aromatic nitrogens is 5. The summed E-state index contributed by atoms with van der Waals surface area (Å²) in [6, 6.07) is 9.41. The van der Waals surface area contributed by atoms with Crippen molar-refractivity contribution in [3.8, 4) is 22.6 Å². The van der Waals surface area contributed by atoms with E-state index in [2.05, 4.69) is 15.5 Å². The molecule has 0 radical (unpaired) electrons. The van der Waals surface area contributed by atoms with Gasteiger partial charge >= 0.3 is 0 Å². The maximum atomic E-state index is 14.2. The van der Waals surface area contributed by atoms with Crippen LogP contribution in [0, 0.1) is 5.82 Å². The van der Waals surface area contributed by atoms with E-state index in [-0.39, 0.29) is 17.8 Å². The molecule has 4 rings (SSSR count). The minimum Gasteiger partial charge on any atom is -0.495 e. The number of amides is 1. The van der Waals surface area contributed by atoms with Crippen LogP contribution in [0.25, 0.3) is 16.8 Å². The zero-order valence-electron chi connectivity index (χ0n) is 20.6. The van der Waals surface area contributed by atoms with Gasteiger partial charge in [0.1, 0.15) is 17.9 Å². The lowest BCUT2D eigenvalue weighted by Gasteiger charge is -2.21. The summed E-state index contributed by atoms with van der Waals surface area (Å²) < 4.78 is 22.6. The normalized spacial score (nSPS) is 11.8. The number of methoxy groups -OCH3 is 1. The van der Waals surface area contributed by atoms with E-state index in [1.165, 1.54) is 47.1 Å². The van der Waals surface area contributed by atoms with Crippen molar-refractivity contribution in [1.82, 2.24) is 24.8 Å². The molecule has 12 heteroatoms. The van der Waals surface area contributed by atoms with E-state index in [4.69, 9.17) is 22.1 Å². The Hall–Kier alpha value is -4.38. The maximum Gasteiger partial charge on any atom is 0.252 e. The fourth-order valence-corrected chi connectivity index (χ4v) is 4.43. The van der Waals surface area contributed by atoms with Gasteiger partial charge in [0.05, 0.1) is 30.6 Å². The Morgan fingerprint density at radius 2 is 1.95 bits per heavy atom. The summed E-state index contributed by atoms with van der Waals surface area (Å²) in [4.78, 5) is 38.0. The molecular weight excluding hydrogens is 515 g/mol. The monoisotopic (exact) mass is 538 g/mol. The Balaban J connectivity index is 1.74. The SMILES string of the molecule is CCCC(C(=O)Cc1ccc(C(N)=O)c(F)c1)n1cc(OC)c(-c2cc(Cl)ccc2-n2cnnn2)cc1=O. The third-order valence-corrected chi connectivity index (χ3v) is 6.29. The zero-order valence-corrected chi connectivity index (χ0v) is 21.4. The van der Waals surface area contributed by atoms with Crippen LogP contribution in [0.5, 0.6) is 5.75 Å². The summed E-state index contributed by atoms with van der Waals surface area (Å²) >= 11 is 6.26. The van der Waals surface area contributed by atoms with E-state index in [0.29, 0.717) is 46.0 Å². The Morgan fingerprint density at radius 1 is 1.16 bits per heavy atom. The van der Waals surface area contributed by atoms with Crippen LogP contribution in [0.15, 0.2) is 59.8 Å². The molecule has 2 heterocycles. The van der Waals surface area contributed by atoms with Crippen LogP contribution >= 0.6 is 11.6 Å². The fourth-order valence-electron chi connectivity index (χ4n) is 4.26. The number of ether oxygens (including phenoxy) is 1. The number of hydrogen-bond acceptors (Lipinski definition) is 7. The second-order valence-electron chi connectivity index (χ2n) is 8.54. The molecule has 4 aromatic rings. The quantitative estimate of drug-likeness (QED) is 0.326. The lowest BCUT2D eigenvalue weighted by atomic mass is 9.98. The summed E-state index contributed by atoms with van der Waals surface area (Å²) in [5.41, 5.74) is 6.38. The summed E-state index contributed by atoms with van der Waals surface area (Å²) in [6.07, 6.45) is 3.73. The third-order valence-electron chi connectivity index (χ3n) is 6.06. The highest BCUT2D eigenvalue weighted by Gasteiger charge is 2.24. The number of hydrogen-bond donors (Lipinski definition) is 1. The van der Waals surface area contributed by atoms with E-state index < -0.39 is 23.3 Å². The highest BCUT2D eigenvalue weighted by Crippen LogP contribution is 2.35. The van der Waals surface area contributed by atoms with Gasteiger partial charge in [-0.1, -0.05) is 31.0 Å². The van der Waals surface area contributed by atoms with E-state index in [1.807, 2.05) is 6.92 Å². The Kier molecular flexibility index (Phi) is 7.96. The Bertz CT molecular complexity index is 1550. The number of ketones is 1. The molecule has 2 N–H and O–H groups in total. The number of primary amides is 1. The van der Waals surface area contributed by atoms with E-state index in [9.17, 15) is 18.8 Å². The summed E-state index contributed by atoms with van der Waals surface area (Å²) in [5.74, 6) is -1.68. The molecule has 0 aliphatic carbocycles. The molecule has 0 saturated carbocycles. The first-order chi connectivity index (χ1) is 18.2. The van der Waals surface area contributed by atoms with Gasteiger partial charge in [-0.15, -0.1) is 5.10 Å². The molecule has 0 fully saturated rings. The molecule has 0 bridgehead atoms. The summed E-state index contributed by atoms with van der Waals surface area (Å²) in [7, 11) is 1.45. The van der Waals surface area contributed by atoms with Crippen LogP contribution < -0.4 is 16.0 Å². The summed E-state index contributed by atoms with van der Waals surface area (Å²) in [5, 5.41) is 11.7. The molecule has 1 unspecified atom stereocenters. The third kappa shape index (κ3) is 5.47. The molecule has 10 nitrogen and oxygen atoms in total. The molecule has 0 aliphatic rings. The Labute approximate surface area is 221 Å². The molecule has 38 heavy (non-hydrogen) atoms. The van der Waals surface area contributed by atoms with Gasteiger partial charge in [-0.05, 0) is 52.7 Å². The van der Waals surface area contributed by atoms with Crippen LogP contribution in [-0.2, 0) is 11.2 Å². The number of carbonyl (C=O) groups excluding carboxylic acids is 2. The number of pyridine rings is 1. The number of nitrogens with two attached hydrogens (primary N) is 1. The van der Waals surface area contributed by atoms with Gasteiger partial charge in [0.15, 0.2) is 5.78 Å². The molecule has 0 saturated heterocycles. The predicted molar refractivity (Wildman–Crippen MR) is 138 cm³/mol. The first kappa shape index (κ1) is 26.7. The fraction of sp³-hybridized carbons (Fsp3) is 0.231. The summed E-state index contributed by atoms with van der Waals surface area (Å²) in [6.45, 7) is 1.89. The van der Waals surface area contributed by atoms with Crippen LogP contribution in [0.2, 0.25) is 5.02 Å². The van der Waals surface area contributed by atoms with E-state index in [0.717, 1.165) is 6.07 Å². The van der Waals surface area contributed by atoms with Gasteiger partial charge < -0.3 is 15.0 Å². The minimum atomic E-state index is -0.897. The first-order valence-electron chi connectivity index (χ1n) is 11.7. The zero-order chi connectivity index (χ0) is 27.4. The average molecular weight is 539 g/mol. The lowest BCUT2D eigenvalue weighted by molar-refractivity contribution is -0.121. The number of nitrogens with zero attached hydrogens (tertiary/aromatic N) is 5. The number of carbonyl (C=O) groups is 2. The van der Waals surface area contributed by atoms with Gasteiger partial charge in [0.25, 0.3) is 11.5 Å². The van der Waals surface area contributed by atoms with Crippen molar-refractivity contribution in [1.29, 1.82) is 0 Å². The molecule has 2 aromatic carbocycles. The largest absolute Gasteiger partial charge is 0.495 e. The van der Waals surface area contributed by atoms with Crippen molar-refractivity contribution in [2.24, 2.45) is 5.73 Å². The van der Waals surface area contributed by atoms with E-state index in [1.54, 1.807) is 18.2 Å². The van der Waals surface area contributed by atoms with Crippen molar-refractivity contribution in [3.63, 3.8) is 0 Å². The highest BCUT2D eigenvalue weighted by molar-refractivity contribution is 6.31. The van der Waals surface area contributed by atoms with Gasteiger partial charge in [0.2, 0.25) is 0 Å². The molecule has 1 atom stereocenters. The number of benzene rings is 2. The molecule has 1 amide bonds. The second-order valence-corrected chi connectivity index (χ2v) is 8.98. The van der Waals surface area contributed by atoms with Gasteiger partial charge in [-0.3, -0.25) is 14.4 Å². The standard InChI is InChI=1S/C26H24ClFN6O4/c1-3-4-22(23(35)10-15-5-7-17(26(29)37)20(28)9-15)33-13-24(38-2)19(12-25(33)36)18-11-16(27)6-8-21(18)34-14-30-31-32-34/h5-9,11-14,22H,3-4,10H2,1-2H3,(H2,29,37). The molecular formula is C26H24ClFN6O4. The lowest BCUT2D eigenvalue weighted by Crippen LogP contribution is -2.30. The van der Waals surface area contributed by atoms with Crippen LogP contribution in [0.3, 0.4) is 0 Å². The number of rotatable bonds is 10. The molecule has 0 spiro atoms. The van der Waals surface area contributed by atoms with Crippen LogP contribution in [0.4, 0.5) is 4.39 Å². The van der Waals surface area contributed by atoms with E-state index >= 15 is 0 Å². The van der Waals surface area contributed by atoms with Gasteiger partial charge in [-0.2, -0.15) is 4.68 Å². The minimum absolute atomic E-state index is 0.144. The molecule has 0 aliphatic heterocycles. The predicted octanol–water partition coefficient (Wildman–Crippen LogP) is 3.54. The first-order valence-corrected chi connectivity index (χ1v) is 12.1. The average Bonchev–Trinajstić information content (AvgIpc) is 3.42. The van der Waals surface area contributed by atoms with Crippen molar-refractivity contribution < 1.29 is 18.7 Å². The number of Topliss-reactive ketones (excluding diaryl/α,β-unsaturated/α-hetero) is 1. The van der Waals surface area contributed by atoms with Crippen molar-refractivity contribution in [3.05, 3.63) is 87.3 Å². The van der Waals surface area contributed by atoms with Gasteiger partial charge in [0, 0.05) is 28.6 Å². The van der Waals surface area contributed by atoms with Crippen molar-refractivity contribution >= 4 is 23.3 Å². The van der Waals surface area contributed by atoms with Crippen molar-refractivity contribution in [2.45, 2.75) is 32.2 Å². The maximum absolute atomic E-state index is 14.2. The van der Waals surface area contributed by atoms with Gasteiger partial charge in [-0.25, -0.2) is 4.39 Å². The highest BCUT2D eigenvalue weighted by atomic mass is 35.5. The number of halogens is 2. The van der Waals surface area contributed by atoms with Crippen LogP contribution in [0.1, 0.15) is 41.7 Å². The van der Waals surface area contributed by atoms with Crippen LogP contribution in [-0.4, -0.2) is 43.6 Å². The Morgan fingerprint density at radius 3 is 2.58 bits per heavy atom. The topological polar surface area (TPSA) is 135 Å². The second kappa shape index (κ2) is 11.3.